The number of nitrogens with two attached hydrogens (primary N) is 1. The van der Waals surface area contributed by atoms with E-state index in [0.29, 0.717) is 6.54 Å². The first kappa shape index (κ1) is 17.7. The molecule has 1 aromatic heterocycles. The fourth-order valence-corrected chi connectivity index (χ4v) is 4.82. The number of hydrogen-bond donors (Lipinski definition) is 1. The first-order valence-corrected chi connectivity index (χ1v) is 10.3. The van der Waals surface area contributed by atoms with Gasteiger partial charge in [0.2, 0.25) is 0 Å². The van der Waals surface area contributed by atoms with Crippen LogP contribution in [0.3, 0.4) is 0 Å². The van der Waals surface area contributed by atoms with Gasteiger partial charge in [-0.05, 0) is 60.2 Å². The molecule has 0 bridgehead atoms. The SMILES string of the molecule is NC[C@@H]1CCC2(CCN(C(=O)c3ccc(-c4cccs4)cc3)CC2)CO1. The van der Waals surface area contributed by atoms with Crippen LogP contribution < -0.4 is 5.73 Å². The van der Waals surface area contributed by atoms with Crippen LogP contribution in [0.1, 0.15) is 36.0 Å². The molecule has 26 heavy (non-hydrogen) atoms. The Morgan fingerprint density at radius 3 is 2.54 bits per heavy atom. The molecule has 2 aliphatic heterocycles. The molecule has 2 saturated heterocycles. The Morgan fingerprint density at radius 1 is 1.19 bits per heavy atom. The lowest BCUT2D eigenvalue weighted by Crippen LogP contribution is -2.48. The van der Waals surface area contributed by atoms with E-state index >= 15 is 0 Å². The predicted molar refractivity (Wildman–Crippen MR) is 105 cm³/mol. The highest BCUT2D eigenvalue weighted by Crippen LogP contribution is 2.40. The second-order valence-corrected chi connectivity index (χ2v) is 8.50. The van der Waals surface area contributed by atoms with Crippen molar-refractivity contribution in [3.05, 3.63) is 47.3 Å². The summed E-state index contributed by atoms with van der Waals surface area (Å²) in [5, 5.41) is 2.07. The number of piperidine rings is 1. The summed E-state index contributed by atoms with van der Waals surface area (Å²) >= 11 is 1.72. The molecule has 1 spiro atoms. The molecular formula is C21H26N2O2S. The fraction of sp³-hybridized carbons (Fsp3) is 0.476. The number of benzene rings is 1. The van der Waals surface area contributed by atoms with Crippen molar-refractivity contribution in [2.75, 3.05) is 26.2 Å². The largest absolute Gasteiger partial charge is 0.376 e. The van der Waals surface area contributed by atoms with Gasteiger partial charge < -0.3 is 15.4 Å². The maximum Gasteiger partial charge on any atom is 0.253 e. The third-order valence-corrected chi connectivity index (χ3v) is 6.85. The number of rotatable bonds is 3. The average molecular weight is 371 g/mol. The highest BCUT2D eigenvalue weighted by Gasteiger charge is 2.39. The van der Waals surface area contributed by atoms with E-state index in [2.05, 4.69) is 11.4 Å². The quantitative estimate of drug-likeness (QED) is 0.895. The van der Waals surface area contributed by atoms with Gasteiger partial charge in [0.25, 0.3) is 5.91 Å². The van der Waals surface area contributed by atoms with Gasteiger partial charge in [-0.2, -0.15) is 0 Å². The number of carbonyl (C=O) groups excluding carboxylic acids is 1. The lowest BCUT2D eigenvalue weighted by molar-refractivity contribution is -0.0790. The van der Waals surface area contributed by atoms with Crippen molar-refractivity contribution in [3.8, 4) is 10.4 Å². The van der Waals surface area contributed by atoms with Crippen molar-refractivity contribution in [2.45, 2.75) is 31.8 Å². The maximum atomic E-state index is 12.8. The predicted octanol–water partition coefficient (Wildman–Crippen LogP) is 3.78. The Labute approximate surface area is 159 Å². The Balaban J connectivity index is 1.36. The molecule has 4 rings (SSSR count). The number of thiophene rings is 1. The van der Waals surface area contributed by atoms with Crippen molar-refractivity contribution < 1.29 is 9.53 Å². The van der Waals surface area contributed by atoms with Gasteiger partial charge in [0.15, 0.2) is 0 Å². The molecule has 1 amide bonds. The van der Waals surface area contributed by atoms with Gasteiger partial charge in [-0.25, -0.2) is 0 Å². The lowest BCUT2D eigenvalue weighted by Gasteiger charge is -2.45. The van der Waals surface area contributed by atoms with Gasteiger partial charge in [-0.15, -0.1) is 11.3 Å². The van der Waals surface area contributed by atoms with Crippen molar-refractivity contribution in [2.24, 2.45) is 11.1 Å². The minimum absolute atomic E-state index is 0.147. The van der Waals surface area contributed by atoms with Crippen LogP contribution in [-0.4, -0.2) is 43.2 Å². The van der Waals surface area contributed by atoms with Crippen molar-refractivity contribution >= 4 is 17.2 Å². The molecule has 0 radical (unpaired) electrons. The number of likely N-dealkylation sites (tertiary alicyclic amines) is 1. The van der Waals surface area contributed by atoms with Crippen LogP contribution in [0.4, 0.5) is 0 Å². The van der Waals surface area contributed by atoms with Crippen LogP contribution in [-0.2, 0) is 4.74 Å². The molecule has 1 aromatic carbocycles. The Morgan fingerprint density at radius 2 is 1.96 bits per heavy atom. The molecule has 138 valence electrons. The fourth-order valence-electron chi connectivity index (χ4n) is 4.08. The number of nitrogens with zero attached hydrogens (tertiary/aromatic N) is 1. The smallest absolute Gasteiger partial charge is 0.253 e. The number of amides is 1. The summed E-state index contributed by atoms with van der Waals surface area (Å²) in [6, 6.07) is 12.2. The maximum absolute atomic E-state index is 12.8. The monoisotopic (exact) mass is 370 g/mol. The van der Waals surface area contributed by atoms with Gasteiger partial charge in [-0.3, -0.25) is 4.79 Å². The summed E-state index contributed by atoms with van der Waals surface area (Å²) in [7, 11) is 0. The van der Waals surface area contributed by atoms with Crippen LogP contribution in [0, 0.1) is 5.41 Å². The third kappa shape index (κ3) is 3.56. The average Bonchev–Trinajstić information content (AvgIpc) is 3.24. The molecule has 2 N–H and O–H groups in total. The van der Waals surface area contributed by atoms with Crippen LogP contribution in [0.2, 0.25) is 0 Å². The molecule has 0 saturated carbocycles. The van der Waals surface area contributed by atoms with E-state index in [1.807, 2.05) is 35.2 Å². The first-order valence-electron chi connectivity index (χ1n) is 9.44. The van der Waals surface area contributed by atoms with E-state index in [1.54, 1.807) is 11.3 Å². The first-order chi connectivity index (χ1) is 12.7. The number of hydrogen-bond acceptors (Lipinski definition) is 4. The summed E-state index contributed by atoms with van der Waals surface area (Å²) in [6.07, 6.45) is 4.51. The molecule has 2 fully saturated rings. The Kier molecular flexibility index (Phi) is 5.11. The summed E-state index contributed by atoms with van der Waals surface area (Å²) in [5.74, 6) is 0.147. The summed E-state index contributed by atoms with van der Waals surface area (Å²) in [5.41, 5.74) is 7.92. The zero-order valence-electron chi connectivity index (χ0n) is 15.0. The van der Waals surface area contributed by atoms with Gasteiger partial charge in [-0.1, -0.05) is 18.2 Å². The molecular weight excluding hydrogens is 344 g/mol. The summed E-state index contributed by atoms with van der Waals surface area (Å²) in [6.45, 7) is 3.05. The van der Waals surface area contributed by atoms with E-state index in [0.717, 1.165) is 44.5 Å². The Bertz CT molecular complexity index is 724. The second kappa shape index (κ2) is 7.51. The van der Waals surface area contributed by atoms with E-state index < -0.39 is 0 Å². The summed E-state index contributed by atoms with van der Waals surface area (Å²) in [4.78, 5) is 16.1. The molecule has 2 aliphatic rings. The zero-order valence-corrected chi connectivity index (χ0v) is 15.8. The number of ether oxygens (including phenoxy) is 1. The minimum atomic E-state index is 0.147. The standard InChI is InChI=1S/C21H26N2O2S/c22-14-18-7-8-21(15-25-18)9-11-23(12-10-21)20(24)17-5-3-16(4-6-17)19-2-1-13-26-19/h1-6,13,18H,7-12,14-15,22H2/t18-/m0/s1. The van der Waals surface area contributed by atoms with E-state index in [4.69, 9.17) is 10.5 Å². The summed E-state index contributed by atoms with van der Waals surface area (Å²) < 4.78 is 5.92. The molecule has 2 aromatic rings. The zero-order chi connectivity index (χ0) is 18.0. The van der Waals surface area contributed by atoms with Crippen molar-refractivity contribution in [1.29, 1.82) is 0 Å². The highest BCUT2D eigenvalue weighted by molar-refractivity contribution is 7.13. The third-order valence-electron chi connectivity index (χ3n) is 5.93. The van der Waals surface area contributed by atoms with Crippen molar-refractivity contribution in [3.63, 3.8) is 0 Å². The van der Waals surface area contributed by atoms with Crippen LogP contribution in [0.15, 0.2) is 41.8 Å². The Hall–Kier alpha value is -1.69. The van der Waals surface area contributed by atoms with Gasteiger partial charge >= 0.3 is 0 Å². The van der Waals surface area contributed by atoms with E-state index in [1.165, 1.54) is 16.9 Å². The van der Waals surface area contributed by atoms with E-state index in [9.17, 15) is 4.79 Å². The molecule has 4 nitrogen and oxygen atoms in total. The normalized spacial score (nSPS) is 22.5. The van der Waals surface area contributed by atoms with Crippen LogP contribution in [0.5, 0.6) is 0 Å². The van der Waals surface area contributed by atoms with Gasteiger partial charge in [0.1, 0.15) is 0 Å². The van der Waals surface area contributed by atoms with E-state index in [-0.39, 0.29) is 17.4 Å². The minimum Gasteiger partial charge on any atom is -0.376 e. The molecule has 3 heterocycles. The molecule has 1 atom stereocenters. The molecule has 0 aliphatic carbocycles. The molecule has 0 unspecified atom stereocenters. The van der Waals surface area contributed by atoms with Gasteiger partial charge in [0, 0.05) is 30.1 Å². The highest BCUT2D eigenvalue weighted by atomic mass is 32.1. The second-order valence-electron chi connectivity index (χ2n) is 7.55. The molecule has 5 heteroatoms. The van der Waals surface area contributed by atoms with Crippen molar-refractivity contribution in [1.82, 2.24) is 4.90 Å². The number of carbonyl (C=O) groups is 1. The topological polar surface area (TPSA) is 55.6 Å². The van der Waals surface area contributed by atoms with Crippen LogP contribution in [0.25, 0.3) is 10.4 Å². The van der Waals surface area contributed by atoms with Crippen LogP contribution >= 0.6 is 11.3 Å². The van der Waals surface area contributed by atoms with Gasteiger partial charge in [0.05, 0.1) is 12.7 Å². The lowest BCUT2D eigenvalue weighted by atomic mass is 9.73.